The minimum atomic E-state index is -0.637. The molecule has 2 rings (SSSR count). The summed E-state index contributed by atoms with van der Waals surface area (Å²) in [6, 6.07) is 5.49. The SMILES string of the molecule is O=C(NC[C@H](O)c1cccs1)c1cc(Br)cs1. The Bertz CT molecular complexity index is 495. The fraction of sp³-hybridized carbons (Fsp3) is 0.182. The van der Waals surface area contributed by atoms with E-state index in [1.165, 1.54) is 22.7 Å². The van der Waals surface area contributed by atoms with E-state index in [1.54, 1.807) is 6.07 Å². The Balaban J connectivity index is 1.88. The van der Waals surface area contributed by atoms with E-state index >= 15 is 0 Å². The highest BCUT2D eigenvalue weighted by atomic mass is 79.9. The summed E-state index contributed by atoms with van der Waals surface area (Å²) < 4.78 is 0.895. The molecule has 0 fully saturated rings. The van der Waals surface area contributed by atoms with Crippen LogP contribution in [-0.2, 0) is 0 Å². The van der Waals surface area contributed by atoms with Gasteiger partial charge in [-0.15, -0.1) is 22.7 Å². The summed E-state index contributed by atoms with van der Waals surface area (Å²) in [5.74, 6) is -0.156. The van der Waals surface area contributed by atoms with E-state index in [0.29, 0.717) is 4.88 Å². The molecule has 0 aliphatic carbocycles. The summed E-state index contributed by atoms with van der Waals surface area (Å²) in [6.45, 7) is 0.231. The number of nitrogens with one attached hydrogen (secondary N) is 1. The van der Waals surface area contributed by atoms with Crippen LogP contribution in [0.3, 0.4) is 0 Å². The van der Waals surface area contributed by atoms with Crippen molar-refractivity contribution in [2.75, 3.05) is 6.54 Å². The number of hydrogen-bond donors (Lipinski definition) is 2. The molecule has 2 aromatic rings. The summed E-state index contributed by atoms with van der Waals surface area (Å²) in [4.78, 5) is 13.2. The van der Waals surface area contributed by atoms with Crippen molar-refractivity contribution in [1.29, 1.82) is 0 Å². The quantitative estimate of drug-likeness (QED) is 0.904. The maximum absolute atomic E-state index is 11.7. The minimum Gasteiger partial charge on any atom is -0.386 e. The van der Waals surface area contributed by atoms with Gasteiger partial charge < -0.3 is 10.4 Å². The number of aliphatic hydroxyl groups excluding tert-OH is 1. The second-order valence-electron chi connectivity index (χ2n) is 3.37. The van der Waals surface area contributed by atoms with Gasteiger partial charge in [0.1, 0.15) is 6.10 Å². The Hall–Kier alpha value is -0.690. The van der Waals surface area contributed by atoms with Crippen LogP contribution in [0, 0.1) is 0 Å². The highest BCUT2D eigenvalue weighted by molar-refractivity contribution is 9.10. The molecule has 0 aliphatic heterocycles. The predicted molar refractivity (Wildman–Crippen MR) is 73.6 cm³/mol. The molecular weight excluding hydrogens is 322 g/mol. The third kappa shape index (κ3) is 3.38. The van der Waals surface area contributed by atoms with Gasteiger partial charge >= 0.3 is 0 Å². The fourth-order valence-corrected chi connectivity index (χ4v) is 3.34. The van der Waals surface area contributed by atoms with Crippen molar-refractivity contribution in [2.24, 2.45) is 0 Å². The van der Waals surface area contributed by atoms with Crippen molar-refractivity contribution in [3.05, 3.63) is 43.2 Å². The second-order valence-corrected chi connectivity index (χ2v) is 6.18. The van der Waals surface area contributed by atoms with E-state index < -0.39 is 6.10 Å². The summed E-state index contributed by atoms with van der Waals surface area (Å²) in [6.07, 6.45) is -0.637. The largest absolute Gasteiger partial charge is 0.386 e. The van der Waals surface area contributed by atoms with Crippen LogP contribution in [0.15, 0.2) is 33.4 Å². The van der Waals surface area contributed by atoms with E-state index in [-0.39, 0.29) is 12.5 Å². The highest BCUT2D eigenvalue weighted by Crippen LogP contribution is 2.20. The maximum atomic E-state index is 11.7. The van der Waals surface area contributed by atoms with Gasteiger partial charge in [0.05, 0.1) is 4.88 Å². The molecule has 0 aliphatic rings. The molecule has 2 heterocycles. The zero-order valence-corrected chi connectivity index (χ0v) is 11.9. The lowest BCUT2D eigenvalue weighted by Crippen LogP contribution is -2.27. The zero-order valence-electron chi connectivity index (χ0n) is 8.72. The summed E-state index contributed by atoms with van der Waals surface area (Å²) >= 11 is 6.14. The Labute approximate surface area is 115 Å². The van der Waals surface area contributed by atoms with Gasteiger partial charge in [0, 0.05) is 21.3 Å². The Morgan fingerprint density at radius 1 is 1.53 bits per heavy atom. The molecule has 0 radical (unpaired) electrons. The van der Waals surface area contributed by atoms with Gasteiger partial charge in [-0.25, -0.2) is 0 Å². The first-order valence-electron chi connectivity index (χ1n) is 4.90. The molecule has 0 unspecified atom stereocenters. The van der Waals surface area contributed by atoms with Crippen LogP contribution in [0.1, 0.15) is 20.7 Å². The number of halogens is 1. The lowest BCUT2D eigenvalue weighted by Gasteiger charge is -2.09. The lowest BCUT2D eigenvalue weighted by molar-refractivity contribution is 0.0922. The number of carbonyl (C=O) groups excluding carboxylic acids is 1. The van der Waals surface area contributed by atoms with Gasteiger partial charge in [-0.2, -0.15) is 0 Å². The number of carbonyl (C=O) groups is 1. The zero-order chi connectivity index (χ0) is 12.3. The number of aliphatic hydroxyl groups is 1. The average Bonchev–Trinajstić information content (AvgIpc) is 2.95. The first-order chi connectivity index (χ1) is 8.16. The van der Waals surface area contributed by atoms with Crippen LogP contribution in [0.5, 0.6) is 0 Å². The molecule has 0 aromatic carbocycles. The molecule has 0 saturated carbocycles. The van der Waals surface area contributed by atoms with E-state index in [4.69, 9.17) is 0 Å². The second kappa shape index (κ2) is 5.77. The molecule has 1 atom stereocenters. The van der Waals surface area contributed by atoms with Gasteiger partial charge in [0.15, 0.2) is 0 Å². The molecule has 1 amide bonds. The summed E-state index contributed by atoms with van der Waals surface area (Å²) in [5.41, 5.74) is 0. The van der Waals surface area contributed by atoms with Crippen LogP contribution in [-0.4, -0.2) is 17.6 Å². The van der Waals surface area contributed by atoms with Crippen molar-refractivity contribution < 1.29 is 9.90 Å². The molecule has 2 N–H and O–H groups in total. The number of rotatable bonds is 4. The molecule has 17 heavy (non-hydrogen) atoms. The van der Waals surface area contributed by atoms with Crippen LogP contribution in [0.25, 0.3) is 0 Å². The van der Waals surface area contributed by atoms with Crippen molar-refractivity contribution in [3.8, 4) is 0 Å². The van der Waals surface area contributed by atoms with Crippen LogP contribution in [0.4, 0.5) is 0 Å². The van der Waals surface area contributed by atoms with Gasteiger partial charge in [-0.05, 0) is 33.4 Å². The van der Waals surface area contributed by atoms with Crippen molar-refractivity contribution >= 4 is 44.5 Å². The van der Waals surface area contributed by atoms with E-state index in [1.807, 2.05) is 22.9 Å². The van der Waals surface area contributed by atoms with Crippen molar-refractivity contribution in [3.63, 3.8) is 0 Å². The normalized spacial score (nSPS) is 12.4. The maximum Gasteiger partial charge on any atom is 0.261 e. The van der Waals surface area contributed by atoms with Gasteiger partial charge in [-0.3, -0.25) is 4.79 Å². The van der Waals surface area contributed by atoms with Crippen molar-refractivity contribution in [1.82, 2.24) is 5.32 Å². The number of thiophene rings is 2. The van der Waals surface area contributed by atoms with Crippen LogP contribution in [0.2, 0.25) is 0 Å². The Morgan fingerprint density at radius 2 is 2.35 bits per heavy atom. The highest BCUT2D eigenvalue weighted by Gasteiger charge is 2.12. The third-order valence-electron chi connectivity index (χ3n) is 2.12. The number of hydrogen-bond acceptors (Lipinski definition) is 4. The Morgan fingerprint density at radius 3 is 2.94 bits per heavy atom. The molecule has 6 heteroatoms. The smallest absolute Gasteiger partial charge is 0.261 e. The lowest BCUT2D eigenvalue weighted by atomic mass is 10.3. The van der Waals surface area contributed by atoms with Crippen LogP contribution < -0.4 is 5.32 Å². The third-order valence-corrected chi connectivity index (χ3v) is 4.78. The van der Waals surface area contributed by atoms with E-state index in [9.17, 15) is 9.90 Å². The average molecular weight is 332 g/mol. The fourth-order valence-electron chi connectivity index (χ4n) is 1.29. The van der Waals surface area contributed by atoms with Crippen LogP contribution >= 0.6 is 38.6 Å². The summed E-state index contributed by atoms with van der Waals surface area (Å²) in [7, 11) is 0. The molecule has 0 spiro atoms. The minimum absolute atomic E-state index is 0.156. The monoisotopic (exact) mass is 331 g/mol. The topological polar surface area (TPSA) is 49.3 Å². The molecular formula is C11H10BrNO2S2. The van der Waals surface area contributed by atoms with Gasteiger partial charge in [0.2, 0.25) is 0 Å². The standard InChI is InChI=1S/C11H10BrNO2S2/c12-7-4-10(17-6-7)11(15)13-5-8(14)9-2-1-3-16-9/h1-4,6,8,14H,5H2,(H,13,15)/t8-/m0/s1. The molecule has 3 nitrogen and oxygen atoms in total. The first-order valence-corrected chi connectivity index (χ1v) is 7.46. The van der Waals surface area contributed by atoms with E-state index in [2.05, 4.69) is 21.2 Å². The molecule has 0 bridgehead atoms. The van der Waals surface area contributed by atoms with E-state index in [0.717, 1.165) is 9.35 Å². The first kappa shape index (κ1) is 12.8. The molecule has 90 valence electrons. The molecule has 2 aromatic heterocycles. The number of amides is 1. The Kier molecular flexibility index (Phi) is 4.33. The summed E-state index contributed by atoms with van der Waals surface area (Å²) in [5, 5.41) is 16.3. The predicted octanol–water partition coefficient (Wildman–Crippen LogP) is 3.04. The van der Waals surface area contributed by atoms with Crippen molar-refractivity contribution in [2.45, 2.75) is 6.10 Å². The molecule has 0 saturated heterocycles. The van der Waals surface area contributed by atoms with Gasteiger partial charge in [-0.1, -0.05) is 6.07 Å². The van der Waals surface area contributed by atoms with Gasteiger partial charge in [0.25, 0.3) is 5.91 Å².